The Morgan fingerprint density at radius 1 is 1.14 bits per heavy atom. The van der Waals surface area contributed by atoms with E-state index >= 15 is 0 Å². The van der Waals surface area contributed by atoms with Gasteiger partial charge in [0.2, 0.25) is 5.17 Å². The molecule has 3 aliphatic rings. The van der Waals surface area contributed by atoms with Crippen LogP contribution in [0.15, 0.2) is 39.9 Å². The molecule has 1 saturated heterocycles. The van der Waals surface area contributed by atoms with Crippen LogP contribution in [0, 0.1) is 5.41 Å². The van der Waals surface area contributed by atoms with E-state index in [2.05, 4.69) is 33.7 Å². The van der Waals surface area contributed by atoms with Crippen molar-refractivity contribution < 1.29 is 4.79 Å². The zero-order valence-corrected chi connectivity index (χ0v) is 17.0. The Hall–Kier alpha value is -2.61. The number of carbonyl (C=O) groups is 1. The minimum absolute atomic E-state index is 0.0875. The fraction of sp³-hybridized carbons (Fsp3) is 0.400. The lowest BCUT2D eigenvalue weighted by Gasteiger charge is -2.21. The molecular weight excluding hydrogens is 372 g/mol. The molecular formula is C20H24N6OS. The first-order chi connectivity index (χ1) is 13.6. The average molecular weight is 397 g/mol. The van der Waals surface area contributed by atoms with Gasteiger partial charge < -0.3 is 9.80 Å². The molecule has 8 heteroatoms. The second-order valence-electron chi connectivity index (χ2n) is 6.86. The maximum absolute atomic E-state index is 12.5. The number of hydrogen-bond acceptors (Lipinski definition) is 6. The van der Waals surface area contributed by atoms with Crippen molar-refractivity contribution in [1.82, 2.24) is 9.91 Å². The van der Waals surface area contributed by atoms with E-state index in [0.29, 0.717) is 5.17 Å². The molecule has 1 amide bonds. The van der Waals surface area contributed by atoms with Crippen LogP contribution in [0.1, 0.15) is 32.3 Å². The van der Waals surface area contributed by atoms with Gasteiger partial charge in [0.25, 0.3) is 5.91 Å². The molecule has 0 aromatic heterocycles. The van der Waals surface area contributed by atoms with Crippen LogP contribution in [-0.4, -0.2) is 58.2 Å². The third-order valence-electron chi connectivity index (χ3n) is 5.15. The van der Waals surface area contributed by atoms with Gasteiger partial charge in [-0.15, -0.1) is 5.10 Å². The van der Waals surface area contributed by atoms with Crippen LogP contribution >= 0.6 is 11.8 Å². The third kappa shape index (κ3) is 3.44. The summed E-state index contributed by atoms with van der Waals surface area (Å²) in [5.74, 6) is -0.293. The highest BCUT2D eigenvalue weighted by Gasteiger charge is 2.37. The maximum atomic E-state index is 12.5. The lowest BCUT2D eigenvalue weighted by molar-refractivity contribution is -0.114. The first-order valence-corrected chi connectivity index (χ1v) is 10.5. The van der Waals surface area contributed by atoms with Crippen LogP contribution in [0.5, 0.6) is 0 Å². The highest BCUT2D eigenvalue weighted by molar-refractivity contribution is 8.26. The predicted octanol–water partition coefficient (Wildman–Crippen LogP) is 3.21. The number of fused-ring (bicyclic) bond motifs is 1. The molecule has 146 valence electrons. The number of anilines is 1. The van der Waals surface area contributed by atoms with Gasteiger partial charge in [0, 0.05) is 31.9 Å². The number of nitrogens with zero attached hydrogens (tertiary/aromatic N) is 5. The highest BCUT2D eigenvalue weighted by Crippen LogP contribution is 2.31. The van der Waals surface area contributed by atoms with Gasteiger partial charge >= 0.3 is 0 Å². The molecule has 1 aromatic carbocycles. The van der Waals surface area contributed by atoms with Gasteiger partial charge in [-0.2, -0.15) is 10.0 Å². The summed E-state index contributed by atoms with van der Waals surface area (Å²) in [6.45, 7) is 8.08. The first-order valence-electron chi connectivity index (χ1n) is 9.71. The quantitative estimate of drug-likeness (QED) is 0.791. The van der Waals surface area contributed by atoms with Crippen molar-refractivity contribution in [2.45, 2.75) is 26.7 Å². The van der Waals surface area contributed by atoms with E-state index in [0.717, 1.165) is 55.4 Å². The fourth-order valence-electron chi connectivity index (χ4n) is 3.56. The van der Waals surface area contributed by atoms with Crippen molar-refractivity contribution in [3.63, 3.8) is 0 Å². The molecule has 0 aliphatic carbocycles. The summed E-state index contributed by atoms with van der Waals surface area (Å²) in [7, 11) is 0. The summed E-state index contributed by atoms with van der Waals surface area (Å²) in [4.78, 5) is 21.2. The first kappa shape index (κ1) is 18.7. The molecule has 1 N–H and O–H groups in total. The van der Waals surface area contributed by atoms with E-state index in [1.807, 2.05) is 24.3 Å². The second-order valence-corrected chi connectivity index (χ2v) is 7.79. The summed E-state index contributed by atoms with van der Waals surface area (Å²) < 4.78 is 0. The Labute approximate surface area is 169 Å². The van der Waals surface area contributed by atoms with Gasteiger partial charge in [0.15, 0.2) is 11.0 Å². The van der Waals surface area contributed by atoms with Crippen molar-refractivity contribution in [2.24, 2.45) is 10.1 Å². The van der Waals surface area contributed by atoms with Crippen molar-refractivity contribution in [3.8, 4) is 0 Å². The van der Waals surface area contributed by atoms with E-state index in [1.54, 1.807) is 6.08 Å². The van der Waals surface area contributed by atoms with Gasteiger partial charge in [-0.25, -0.2) is 0 Å². The SMILES string of the molecule is CCN(CC)c1ccc(/C=C2/C(=N)N3N=C(N4CCCC4)SC3=NC2=O)cc1. The molecule has 1 fully saturated rings. The number of nitrogens with one attached hydrogen (secondary N) is 1. The van der Waals surface area contributed by atoms with Gasteiger partial charge in [-0.3, -0.25) is 10.2 Å². The van der Waals surface area contributed by atoms with Crippen LogP contribution in [0.4, 0.5) is 5.69 Å². The zero-order chi connectivity index (χ0) is 19.7. The molecule has 3 heterocycles. The number of aliphatic imine (C=N–C) groups is 1. The molecule has 28 heavy (non-hydrogen) atoms. The maximum Gasteiger partial charge on any atom is 0.283 e. The van der Waals surface area contributed by atoms with Crippen molar-refractivity contribution >= 4 is 45.6 Å². The summed E-state index contributed by atoms with van der Waals surface area (Å²) in [5, 5.41) is 15.8. The number of thioether (sulfide) groups is 1. The zero-order valence-electron chi connectivity index (χ0n) is 16.2. The number of benzene rings is 1. The second kappa shape index (κ2) is 7.79. The molecule has 0 unspecified atom stereocenters. The number of amides is 1. The van der Waals surface area contributed by atoms with E-state index in [9.17, 15) is 4.79 Å². The van der Waals surface area contributed by atoms with Crippen LogP contribution in [0.2, 0.25) is 0 Å². The molecule has 0 atom stereocenters. The van der Waals surface area contributed by atoms with Crippen LogP contribution in [-0.2, 0) is 4.79 Å². The van der Waals surface area contributed by atoms with Crippen molar-refractivity contribution in [1.29, 1.82) is 5.41 Å². The van der Waals surface area contributed by atoms with E-state index in [1.165, 1.54) is 16.8 Å². The monoisotopic (exact) mass is 396 g/mol. The number of likely N-dealkylation sites (tertiary alicyclic amines) is 1. The fourth-order valence-corrected chi connectivity index (χ4v) is 4.50. The Morgan fingerprint density at radius 3 is 2.46 bits per heavy atom. The smallest absolute Gasteiger partial charge is 0.283 e. The lowest BCUT2D eigenvalue weighted by Crippen LogP contribution is -2.35. The van der Waals surface area contributed by atoms with E-state index in [-0.39, 0.29) is 17.3 Å². The Morgan fingerprint density at radius 2 is 1.82 bits per heavy atom. The predicted molar refractivity (Wildman–Crippen MR) is 116 cm³/mol. The third-order valence-corrected chi connectivity index (χ3v) is 6.12. The molecule has 0 radical (unpaired) electrons. The molecule has 3 aliphatic heterocycles. The van der Waals surface area contributed by atoms with Crippen LogP contribution < -0.4 is 4.90 Å². The molecule has 1 aromatic rings. The standard InChI is InChI=1S/C20H24N6OS/c1-3-24(4-2)15-9-7-14(8-10-15)13-16-17(21)26-19(22-18(16)27)28-20(23-26)25-11-5-6-12-25/h7-10,13,21H,3-6,11-12H2,1-2H3/b16-13-,21-17?. The molecule has 0 bridgehead atoms. The summed E-state index contributed by atoms with van der Waals surface area (Å²) in [6, 6.07) is 8.02. The topological polar surface area (TPSA) is 75.4 Å². The molecule has 4 rings (SSSR count). The number of amidine groups is 3. The minimum atomic E-state index is -0.380. The van der Waals surface area contributed by atoms with Gasteiger partial charge in [-0.1, -0.05) is 12.1 Å². The minimum Gasteiger partial charge on any atom is -0.372 e. The Bertz CT molecular complexity index is 878. The normalized spacial score (nSPS) is 20.6. The number of hydrogen-bond donors (Lipinski definition) is 1. The summed E-state index contributed by atoms with van der Waals surface area (Å²) in [6.07, 6.45) is 4.03. The van der Waals surface area contributed by atoms with Gasteiger partial charge in [0.1, 0.15) is 0 Å². The molecule has 7 nitrogen and oxygen atoms in total. The highest BCUT2D eigenvalue weighted by atomic mass is 32.2. The Balaban J connectivity index is 1.57. The van der Waals surface area contributed by atoms with Crippen molar-refractivity contribution in [2.75, 3.05) is 31.1 Å². The van der Waals surface area contributed by atoms with Gasteiger partial charge in [0.05, 0.1) is 5.57 Å². The summed E-state index contributed by atoms with van der Waals surface area (Å²) in [5.41, 5.74) is 2.29. The van der Waals surface area contributed by atoms with E-state index in [4.69, 9.17) is 5.41 Å². The number of carbonyl (C=O) groups excluding carboxylic acids is 1. The van der Waals surface area contributed by atoms with Crippen LogP contribution in [0.3, 0.4) is 0 Å². The summed E-state index contributed by atoms with van der Waals surface area (Å²) >= 11 is 1.38. The van der Waals surface area contributed by atoms with Crippen molar-refractivity contribution in [3.05, 3.63) is 35.4 Å². The lowest BCUT2D eigenvalue weighted by atomic mass is 10.1. The molecule has 0 spiro atoms. The number of rotatable bonds is 4. The molecule has 0 saturated carbocycles. The van der Waals surface area contributed by atoms with Crippen LogP contribution in [0.25, 0.3) is 6.08 Å². The average Bonchev–Trinajstić information content (AvgIpc) is 3.37. The Kier molecular flexibility index (Phi) is 5.21. The largest absolute Gasteiger partial charge is 0.372 e. The van der Waals surface area contributed by atoms with E-state index < -0.39 is 0 Å². The number of hydrazone groups is 1. The van der Waals surface area contributed by atoms with Gasteiger partial charge in [-0.05, 0) is 62.2 Å².